The molecule has 144 valence electrons. The van der Waals surface area contributed by atoms with Gasteiger partial charge in [-0.3, -0.25) is 4.79 Å². The van der Waals surface area contributed by atoms with Crippen LogP contribution in [0.4, 0.5) is 5.69 Å². The zero-order valence-electron chi connectivity index (χ0n) is 16.6. The molecule has 0 spiro atoms. The molecule has 1 aliphatic rings. The van der Waals surface area contributed by atoms with Crippen LogP contribution in [0.1, 0.15) is 27.3 Å². The van der Waals surface area contributed by atoms with Crippen molar-refractivity contribution in [3.63, 3.8) is 0 Å². The van der Waals surface area contributed by atoms with Crippen LogP contribution in [0.5, 0.6) is 0 Å². The number of rotatable bonds is 6. The Morgan fingerprint density at radius 3 is 2.52 bits per heavy atom. The average molecular weight is 367 g/mol. The summed E-state index contributed by atoms with van der Waals surface area (Å²) in [6.07, 6.45) is 1.85. The Hall–Kier alpha value is -2.53. The zero-order chi connectivity index (χ0) is 19.4. The molecular weight excluding hydrogens is 338 g/mol. The van der Waals surface area contributed by atoms with Gasteiger partial charge in [0.25, 0.3) is 5.91 Å². The summed E-state index contributed by atoms with van der Waals surface area (Å²) >= 11 is 0. The van der Waals surface area contributed by atoms with Crippen LogP contribution in [0.2, 0.25) is 0 Å². The van der Waals surface area contributed by atoms with Crippen molar-refractivity contribution < 1.29 is 9.53 Å². The van der Waals surface area contributed by atoms with Crippen molar-refractivity contribution in [1.29, 1.82) is 0 Å². The van der Waals surface area contributed by atoms with Crippen molar-refractivity contribution in [2.24, 2.45) is 0 Å². The number of hydrogen-bond donors (Lipinski definition) is 0. The van der Waals surface area contributed by atoms with Crippen molar-refractivity contribution in [2.75, 3.05) is 38.3 Å². The smallest absolute Gasteiger partial charge is 0.270 e. The fourth-order valence-electron chi connectivity index (χ4n) is 3.88. The molecule has 0 bridgehead atoms. The normalized spacial score (nSPS) is 14.3. The Labute approximate surface area is 161 Å². The number of benzene rings is 1. The molecule has 0 saturated carbocycles. The molecule has 1 aliphatic heterocycles. The monoisotopic (exact) mass is 367 g/mol. The molecule has 2 heterocycles. The fourth-order valence-corrected chi connectivity index (χ4v) is 3.88. The maximum absolute atomic E-state index is 13.3. The molecule has 1 fully saturated rings. The number of morpholine rings is 1. The third-order valence-electron chi connectivity index (χ3n) is 5.18. The highest BCUT2D eigenvalue weighted by Gasteiger charge is 2.27. The molecule has 0 radical (unpaired) electrons. The van der Waals surface area contributed by atoms with E-state index in [2.05, 4.69) is 29.9 Å². The summed E-state index contributed by atoms with van der Waals surface area (Å²) in [5, 5.41) is 0. The summed E-state index contributed by atoms with van der Waals surface area (Å²) in [4.78, 5) is 17.5. The first-order valence-corrected chi connectivity index (χ1v) is 9.47. The Bertz CT molecular complexity index is 805. The number of nitrogens with zero attached hydrogens (tertiary/aromatic N) is 3. The number of hydrogen-bond acceptors (Lipinski definition) is 3. The summed E-state index contributed by atoms with van der Waals surface area (Å²) in [6, 6.07) is 10.1. The predicted molar refractivity (Wildman–Crippen MR) is 109 cm³/mol. The number of amides is 1. The van der Waals surface area contributed by atoms with Gasteiger partial charge in [0.2, 0.25) is 0 Å². The molecule has 1 aromatic carbocycles. The zero-order valence-corrected chi connectivity index (χ0v) is 16.6. The fraction of sp³-hybridized carbons (Fsp3) is 0.409. The van der Waals surface area contributed by atoms with E-state index in [1.807, 2.05) is 43.5 Å². The lowest BCUT2D eigenvalue weighted by atomic mass is 10.1. The summed E-state index contributed by atoms with van der Waals surface area (Å²) in [5.74, 6) is 0.0424. The van der Waals surface area contributed by atoms with E-state index < -0.39 is 0 Å². The Balaban J connectivity index is 1.95. The van der Waals surface area contributed by atoms with Gasteiger partial charge in [-0.15, -0.1) is 6.58 Å². The van der Waals surface area contributed by atoms with Gasteiger partial charge in [0.1, 0.15) is 5.69 Å². The van der Waals surface area contributed by atoms with Crippen molar-refractivity contribution in [2.45, 2.75) is 26.9 Å². The molecule has 1 amide bonds. The number of carbonyl (C=O) groups excluding carboxylic acids is 1. The van der Waals surface area contributed by atoms with Crippen LogP contribution in [-0.2, 0) is 17.8 Å². The minimum atomic E-state index is 0.0424. The van der Waals surface area contributed by atoms with Gasteiger partial charge >= 0.3 is 0 Å². The van der Waals surface area contributed by atoms with Crippen LogP contribution in [0.25, 0.3) is 0 Å². The highest BCUT2D eigenvalue weighted by Crippen LogP contribution is 2.32. The Kier molecular flexibility index (Phi) is 6.01. The molecule has 1 aromatic heterocycles. The number of ether oxygens (including phenoxy) is 1. The molecule has 2 aromatic rings. The summed E-state index contributed by atoms with van der Waals surface area (Å²) in [5.41, 5.74) is 5.20. The van der Waals surface area contributed by atoms with Crippen LogP contribution >= 0.6 is 0 Å². The van der Waals surface area contributed by atoms with Crippen LogP contribution in [-0.4, -0.2) is 48.7 Å². The van der Waals surface area contributed by atoms with Gasteiger partial charge in [-0.2, -0.15) is 0 Å². The van der Waals surface area contributed by atoms with Crippen molar-refractivity contribution >= 4 is 11.6 Å². The van der Waals surface area contributed by atoms with Gasteiger partial charge in [-0.1, -0.05) is 36.4 Å². The van der Waals surface area contributed by atoms with Crippen molar-refractivity contribution in [3.05, 3.63) is 65.5 Å². The van der Waals surface area contributed by atoms with E-state index in [0.29, 0.717) is 13.1 Å². The number of carbonyl (C=O) groups is 1. The van der Waals surface area contributed by atoms with Crippen LogP contribution in [0.15, 0.2) is 43.0 Å². The summed E-state index contributed by atoms with van der Waals surface area (Å²) in [6.45, 7) is 12.4. The third kappa shape index (κ3) is 3.93. The largest absolute Gasteiger partial charge is 0.378 e. The SMILES string of the molecule is C=CCn1c(C)c(N2CCOCC2)c(C)c1C(=O)N(C)Cc1ccccc1. The summed E-state index contributed by atoms with van der Waals surface area (Å²) in [7, 11) is 1.86. The molecule has 1 saturated heterocycles. The van der Waals surface area contributed by atoms with Gasteiger partial charge in [0, 0.05) is 44.5 Å². The molecule has 0 unspecified atom stereocenters. The number of anilines is 1. The van der Waals surface area contributed by atoms with Gasteiger partial charge in [0.05, 0.1) is 18.9 Å². The van der Waals surface area contributed by atoms with E-state index in [1.54, 1.807) is 4.90 Å². The van der Waals surface area contributed by atoms with E-state index in [1.165, 1.54) is 0 Å². The van der Waals surface area contributed by atoms with E-state index in [9.17, 15) is 4.79 Å². The molecule has 0 aliphatic carbocycles. The lowest BCUT2D eigenvalue weighted by Crippen LogP contribution is -2.36. The maximum atomic E-state index is 13.3. The maximum Gasteiger partial charge on any atom is 0.270 e. The lowest BCUT2D eigenvalue weighted by Gasteiger charge is -2.29. The second kappa shape index (κ2) is 8.44. The number of aromatic nitrogens is 1. The molecule has 0 N–H and O–H groups in total. The van der Waals surface area contributed by atoms with E-state index >= 15 is 0 Å². The van der Waals surface area contributed by atoms with E-state index in [4.69, 9.17) is 4.74 Å². The van der Waals surface area contributed by atoms with E-state index in [0.717, 1.165) is 54.5 Å². The highest BCUT2D eigenvalue weighted by molar-refractivity contribution is 5.96. The van der Waals surface area contributed by atoms with Gasteiger partial charge < -0.3 is 19.1 Å². The first-order chi connectivity index (χ1) is 13.0. The average Bonchev–Trinajstić information content (AvgIpc) is 2.93. The summed E-state index contributed by atoms with van der Waals surface area (Å²) < 4.78 is 7.59. The molecule has 0 atom stereocenters. The molecule has 27 heavy (non-hydrogen) atoms. The van der Waals surface area contributed by atoms with Gasteiger partial charge in [-0.05, 0) is 19.4 Å². The molecule has 3 rings (SSSR count). The molecule has 5 nitrogen and oxygen atoms in total. The van der Waals surface area contributed by atoms with E-state index in [-0.39, 0.29) is 5.91 Å². The standard InChI is InChI=1S/C22H29N3O2/c1-5-11-25-18(3)20(24-12-14-27-15-13-24)17(2)21(25)22(26)23(4)16-19-9-7-6-8-10-19/h5-10H,1,11-16H2,2-4H3. The minimum absolute atomic E-state index is 0.0424. The Morgan fingerprint density at radius 2 is 1.89 bits per heavy atom. The highest BCUT2D eigenvalue weighted by atomic mass is 16.5. The molecular formula is C22H29N3O2. The molecule has 5 heteroatoms. The Morgan fingerprint density at radius 1 is 1.22 bits per heavy atom. The second-order valence-electron chi connectivity index (χ2n) is 7.05. The van der Waals surface area contributed by atoms with Gasteiger partial charge in [0.15, 0.2) is 0 Å². The third-order valence-corrected chi connectivity index (χ3v) is 5.18. The second-order valence-corrected chi connectivity index (χ2v) is 7.05. The van der Waals surface area contributed by atoms with Crippen LogP contribution in [0, 0.1) is 13.8 Å². The minimum Gasteiger partial charge on any atom is -0.378 e. The van der Waals surface area contributed by atoms with Gasteiger partial charge in [-0.25, -0.2) is 0 Å². The first-order valence-electron chi connectivity index (χ1n) is 9.47. The number of allylic oxidation sites excluding steroid dienone is 1. The van der Waals surface area contributed by atoms with Crippen molar-refractivity contribution in [1.82, 2.24) is 9.47 Å². The quantitative estimate of drug-likeness (QED) is 0.735. The predicted octanol–water partition coefficient (Wildman–Crippen LogP) is 3.40. The lowest BCUT2D eigenvalue weighted by molar-refractivity contribution is 0.0774. The van der Waals surface area contributed by atoms with Crippen molar-refractivity contribution in [3.8, 4) is 0 Å². The van der Waals surface area contributed by atoms with Crippen LogP contribution < -0.4 is 4.90 Å². The van der Waals surface area contributed by atoms with Crippen LogP contribution in [0.3, 0.4) is 0 Å². The first kappa shape index (κ1) is 19.2. The topological polar surface area (TPSA) is 37.7 Å².